The Morgan fingerprint density at radius 1 is 1.31 bits per heavy atom. The maximum atomic E-state index is 11.1. The Balaban J connectivity index is 1.78. The van der Waals surface area contributed by atoms with Gasteiger partial charge in [-0.2, -0.15) is 0 Å². The fourth-order valence-electron chi connectivity index (χ4n) is 2.84. The van der Waals surface area contributed by atoms with Gasteiger partial charge in [0.15, 0.2) is 11.4 Å². The maximum Gasteiger partial charge on any atom is 0.217 e. The molecule has 0 saturated carbocycles. The van der Waals surface area contributed by atoms with Gasteiger partial charge >= 0.3 is 0 Å². The second-order valence-electron chi connectivity index (χ2n) is 6.11. The van der Waals surface area contributed by atoms with E-state index in [1.807, 2.05) is 53.9 Å². The van der Waals surface area contributed by atoms with Gasteiger partial charge in [-0.25, -0.2) is 4.98 Å². The first-order valence-corrected chi connectivity index (χ1v) is 8.43. The summed E-state index contributed by atoms with van der Waals surface area (Å²) in [5.41, 5.74) is 4.75. The Hall–Kier alpha value is -3.26. The van der Waals surface area contributed by atoms with Gasteiger partial charge in [0.05, 0.1) is 17.8 Å². The number of hydrogen-bond donors (Lipinski definition) is 1. The first-order valence-electron chi connectivity index (χ1n) is 8.43. The Bertz CT molecular complexity index is 983. The Labute approximate surface area is 153 Å². The highest BCUT2D eigenvalue weighted by molar-refractivity contribution is 5.72. The van der Waals surface area contributed by atoms with Crippen molar-refractivity contribution in [3.05, 3.63) is 65.1 Å². The van der Waals surface area contributed by atoms with Gasteiger partial charge in [0.2, 0.25) is 5.91 Å². The van der Waals surface area contributed by atoms with Crippen LogP contribution in [0, 0.1) is 19.3 Å². The minimum absolute atomic E-state index is 0.0456. The van der Waals surface area contributed by atoms with Crippen LogP contribution in [0.5, 0.6) is 5.75 Å². The number of hydrogen-bond acceptors (Lipinski definition) is 3. The average Bonchev–Trinajstić information content (AvgIpc) is 2.95. The van der Waals surface area contributed by atoms with Crippen LogP contribution in [0.2, 0.25) is 0 Å². The first-order chi connectivity index (χ1) is 12.6. The predicted octanol–water partition coefficient (Wildman–Crippen LogP) is 3.03. The quantitative estimate of drug-likeness (QED) is 0.698. The van der Waals surface area contributed by atoms with E-state index in [9.17, 15) is 4.79 Å². The zero-order valence-electron chi connectivity index (χ0n) is 15.0. The van der Waals surface area contributed by atoms with Crippen LogP contribution < -0.4 is 10.1 Å². The molecule has 3 aromatic rings. The minimum atomic E-state index is -0.0456. The molecule has 1 amide bonds. The number of nitrogens with zero attached hydrogens (tertiary/aromatic N) is 2. The number of amides is 1. The van der Waals surface area contributed by atoms with Crippen LogP contribution in [0.25, 0.3) is 5.65 Å². The summed E-state index contributed by atoms with van der Waals surface area (Å²) in [6.45, 7) is 4.39. The Morgan fingerprint density at radius 2 is 2.12 bits per heavy atom. The van der Waals surface area contributed by atoms with Crippen LogP contribution >= 0.6 is 0 Å². The molecule has 3 rings (SSSR count). The molecule has 132 valence electrons. The van der Waals surface area contributed by atoms with Crippen molar-refractivity contribution >= 4 is 11.6 Å². The second-order valence-corrected chi connectivity index (χ2v) is 6.11. The maximum absolute atomic E-state index is 11.1. The van der Waals surface area contributed by atoms with Crippen molar-refractivity contribution < 1.29 is 9.53 Å². The number of aryl methyl sites for hydroxylation is 1. The molecule has 0 aliphatic carbocycles. The molecule has 2 heterocycles. The van der Waals surface area contributed by atoms with E-state index in [2.05, 4.69) is 16.2 Å². The molecule has 0 spiro atoms. The monoisotopic (exact) mass is 347 g/mol. The molecule has 2 aromatic heterocycles. The van der Waals surface area contributed by atoms with Gasteiger partial charge in [-0.05, 0) is 30.2 Å². The number of pyridine rings is 1. The SMILES string of the molecule is C#CCc1c(C)nc2c(OCc3cccc(CNC(C)=O)c3)cccn12. The van der Waals surface area contributed by atoms with E-state index in [4.69, 9.17) is 11.2 Å². The lowest BCUT2D eigenvalue weighted by molar-refractivity contribution is -0.119. The van der Waals surface area contributed by atoms with Crippen LogP contribution in [0.1, 0.15) is 29.4 Å². The summed E-state index contributed by atoms with van der Waals surface area (Å²) in [5.74, 6) is 3.34. The molecule has 0 saturated heterocycles. The van der Waals surface area contributed by atoms with Gasteiger partial charge < -0.3 is 10.1 Å². The standard InChI is InChI=1S/C21H21N3O2/c1-4-7-19-15(2)23-21-20(10-6-11-24(19)21)26-14-18-9-5-8-17(12-18)13-22-16(3)25/h1,5-6,8-12H,7,13-14H2,2-3H3,(H,22,25). The summed E-state index contributed by atoms with van der Waals surface area (Å²) in [5, 5.41) is 2.80. The largest absolute Gasteiger partial charge is 0.485 e. The highest BCUT2D eigenvalue weighted by atomic mass is 16.5. The molecule has 5 heteroatoms. The summed E-state index contributed by atoms with van der Waals surface area (Å²) >= 11 is 0. The number of carbonyl (C=O) groups excluding carboxylic acids is 1. The molecule has 5 nitrogen and oxygen atoms in total. The first kappa shape index (κ1) is 17.6. The van der Waals surface area contributed by atoms with Crippen LogP contribution in [-0.2, 0) is 24.4 Å². The predicted molar refractivity (Wildman–Crippen MR) is 101 cm³/mol. The molecule has 0 bridgehead atoms. The molecule has 0 atom stereocenters. The smallest absolute Gasteiger partial charge is 0.217 e. The van der Waals surface area contributed by atoms with Crippen LogP contribution in [-0.4, -0.2) is 15.3 Å². The van der Waals surface area contributed by atoms with Gasteiger partial charge in [0.1, 0.15) is 6.61 Å². The number of ether oxygens (including phenoxy) is 1. The van der Waals surface area contributed by atoms with Crippen LogP contribution in [0.3, 0.4) is 0 Å². The molecule has 0 radical (unpaired) electrons. The Kier molecular flexibility index (Phi) is 5.23. The lowest BCUT2D eigenvalue weighted by Gasteiger charge is -2.09. The van der Waals surface area contributed by atoms with E-state index in [0.29, 0.717) is 25.3 Å². The highest BCUT2D eigenvalue weighted by Crippen LogP contribution is 2.23. The second kappa shape index (κ2) is 7.75. The molecular formula is C21H21N3O2. The number of terminal acetylenes is 1. The summed E-state index contributed by atoms with van der Waals surface area (Å²) in [7, 11) is 0. The van der Waals surface area contributed by atoms with E-state index in [0.717, 1.165) is 28.2 Å². The molecule has 26 heavy (non-hydrogen) atoms. The number of rotatable bonds is 6. The minimum Gasteiger partial charge on any atom is -0.485 e. The van der Waals surface area contributed by atoms with Gasteiger partial charge in [0, 0.05) is 19.7 Å². The lowest BCUT2D eigenvalue weighted by atomic mass is 10.1. The van der Waals surface area contributed by atoms with Gasteiger partial charge in [-0.15, -0.1) is 12.3 Å². The van der Waals surface area contributed by atoms with E-state index in [-0.39, 0.29) is 5.91 Å². The van der Waals surface area contributed by atoms with Crippen molar-refractivity contribution in [1.82, 2.24) is 14.7 Å². The number of imidazole rings is 1. The van der Waals surface area contributed by atoms with Crippen molar-refractivity contribution in [2.24, 2.45) is 0 Å². The molecule has 1 aromatic carbocycles. The molecule has 0 unspecified atom stereocenters. The molecule has 0 fully saturated rings. The number of aromatic nitrogens is 2. The van der Waals surface area contributed by atoms with Crippen molar-refractivity contribution in [2.75, 3.05) is 0 Å². The lowest BCUT2D eigenvalue weighted by Crippen LogP contribution is -2.18. The number of fused-ring (bicyclic) bond motifs is 1. The van der Waals surface area contributed by atoms with E-state index < -0.39 is 0 Å². The summed E-state index contributed by atoms with van der Waals surface area (Å²) in [6, 6.07) is 11.8. The summed E-state index contributed by atoms with van der Waals surface area (Å²) in [4.78, 5) is 15.7. The number of carbonyl (C=O) groups is 1. The van der Waals surface area contributed by atoms with Gasteiger partial charge in [0.25, 0.3) is 0 Å². The van der Waals surface area contributed by atoms with Gasteiger partial charge in [-0.3, -0.25) is 9.20 Å². The van der Waals surface area contributed by atoms with Crippen LogP contribution in [0.4, 0.5) is 0 Å². The van der Waals surface area contributed by atoms with Crippen molar-refractivity contribution in [3.63, 3.8) is 0 Å². The molecule has 1 N–H and O–H groups in total. The number of nitrogens with one attached hydrogen (secondary N) is 1. The van der Waals surface area contributed by atoms with Crippen molar-refractivity contribution in [2.45, 2.75) is 33.4 Å². The number of benzene rings is 1. The topological polar surface area (TPSA) is 55.6 Å². The third kappa shape index (κ3) is 3.86. The average molecular weight is 347 g/mol. The zero-order chi connectivity index (χ0) is 18.5. The van der Waals surface area contributed by atoms with Crippen molar-refractivity contribution in [1.29, 1.82) is 0 Å². The third-order valence-electron chi connectivity index (χ3n) is 4.11. The fraction of sp³-hybridized carbons (Fsp3) is 0.238. The van der Waals surface area contributed by atoms with Crippen molar-refractivity contribution in [3.8, 4) is 18.1 Å². The summed E-state index contributed by atoms with van der Waals surface area (Å²) < 4.78 is 7.99. The zero-order valence-corrected chi connectivity index (χ0v) is 15.0. The van der Waals surface area contributed by atoms with E-state index in [1.54, 1.807) is 0 Å². The fourth-order valence-corrected chi connectivity index (χ4v) is 2.84. The van der Waals surface area contributed by atoms with Crippen LogP contribution in [0.15, 0.2) is 42.6 Å². The molecule has 0 aliphatic rings. The highest BCUT2D eigenvalue weighted by Gasteiger charge is 2.12. The molecular weight excluding hydrogens is 326 g/mol. The van der Waals surface area contributed by atoms with E-state index in [1.165, 1.54) is 6.92 Å². The normalized spacial score (nSPS) is 10.5. The molecule has 0 aliphatic heterocycles. The third-order valence-corrected chi connectivity index (χ3v) is 4.11. The summed E-state index contributed by atoms with van der Waals surface area (Å²) in [6.07, 6.45) is 7.94. The Morgan fingerprint density at radius 3 is 2.88 bits per heavy atom. The van der Waals surface area contributed by atoms with Gasteiger partial charge in [-0.1, -0.05) is 24.3 Å². The van der Waals surface area contributed by atoms with E-state index >= 15 is 0 Å².